The Kier molecular flexibility index (Phi) is 2.64. The van der Waals surface area contributed by atoms with Crippen LogP contribution in [0.4, 0.5) is 0 Å². The topological polar surface area (TPSA) is 69.9 Å². The van der Waals surface area contributed by atoms with Gasteiger partial charge >= 0.3 is 0 Å². The van der Waals surface area contributed by atoms with E-state index in [4.69, 9.17) is 10.3 Å². The van der Waals surface area contributed by atoms with E-state index >= 15 is 0 Å². The normalized spacial score (nSPS) is 11.3. The number of hydrogen-bond donors (Lipinski definition) is 2. The average molecular weight is 179 g/mol. The van der Waals surface area contributed by atoms with Gasteiger partial charge in [-0.25, -0.2) is 0 Å². The minimum Gasteiger partial charge on any atom is -0.508 e. The fourth-order valence-electron chi connectivity index (χ4n) is 0.901. The van der Waals surface area contributed by atoms with E-state index in [0.717, 1.165) is 0 Å². The first-order valence-electron chi connectivity index (χ1n) is 3.67. The van der Waals surface area contributed by atoms with E-state index in [1.807, 2.05) is 0 Å². The number of carbonyl (C=O) groups excluding carboxylic acids is 1. The number of nitrogens with zero attached hydrogens (tertiary/aromatic N) is 1. The van der Waals surface area contributed by atoms with Crippen molar-refractivity contribution in [3.05, 3.63) is 29.8 Å². The number of aromatic hydroxyl groups is 1. The van der Waals surface area contributed by atoms with Gasteiger partial charge in [0, 0.05) is 5.56 Å². The lowest BCUT2D eigenvalue weighted by Gasteiger charge is -1.98. The molecule has 13 heavy (non-hydrogen) atoms. The molecule has 0 aliphatic rings. The molecule has 0 fully saturated rings. The summed E-state index contributed by atoms with van der Waals surface area (Å²) in [7, 11) is 0. The van der Waals surface area contributed by atoms with Gasteiger partial charge in [0.2, 0.25) is 5.78 Å². The molecule has 4 nitrogen and oxygen atoms in total. The molecule has 0 spiro atoms. The second-order valence-corrected chi connectivity index (χ2v) is 2.56. The summed E-state index contributed by atoms with van der Waals surface area (Å²) in [6, 6.07) is 5.86. The summed E-state index contributed by atoms with van der Waals surface area (Å²) in [5.41, 5.74) is 0.293. The van der Waals surface area contributed by atoms with Gasteiger partial charge < -0.3 is 10.3 Å². The van der Waals surface area contributed by atoms with E-state index in [0.29, 0.717) is 5.56 Å². The van der Waals surface area contributed by atoms with Crippen LogP contribution in [0.15, 0.2) is 29.4 Å². The number of hydrogen-bond acceptors (Lipinski definition) is 4. The first kappa shape index (κ1) is 9.25. The van der Waals surface area contributed by atoms with Crippen LogP contribution in [-0.2, 0) is 0 Å². The average Bonchev–Trinajstić information content (AvgIpc) is 2.15. The minimum atomic E-state index is -0.404. The summed E-state index contributed by atoms with van der Waals surface area (Å²) in [6.45, 7) is 1.40. The maximum absolute atomic E-state index is 11.3. The summed E-state index contributed by atoms with van der Waals surface area (Å²) in [6.07, 6.45) is 0. The maximum Gasteiger partial charge on any atom is 0.210 e. The lowest BCUT2D eigenvalue weighted by molar-refractivity contribution is 0.106. The Balaban J connectivity index is 3.03. The van der Waals surface area contributed by atoms with Crippen molar-refractivity contribution in [2.75, 3.05) is 0 Å². The smallest absolute Gasteiger partial charge is 0.210 e. The third kappa shape index (κ3) is 2.05. The summed E-state index contributed by atoms with van der Waals surface area (Å²) >= 11 is 0. The molecule has 0 amide bonds. The van der Waals surface area contributed by atoms with Gasteiger partial charge in [-0.15, -0.1) is 0 Å². The Morgan fingerprint density at radius 2 is 2.15 bits per heavy atom. The van der Waals surface area contributed by atoms with Gasteiger partial charge in [-0.05, 0) is 19.1 Å². The number of carbonyl (C=O) groups is 1. The Hall–Kier alpha value is -1.84. The first-order valence-corrected chi connectivity index (χ1v) is 3.67. The molecular weight excluding hydrogens is 170 g/mol. The molecule has 0 atom stereocenters. The van der Waals surface area contributed by atoms with E-state index in [2.05, 4.69) is 5.16 Å². The summed E-state index contributed by atoms with van der Waals surface area (Å²) in [4.78, 5) is 11.3. The minimum absolute atomic E-state index is 0.00870. The van der Waals surface area contributed by atoms with Crippen molar-refractivity contribution in [1.29, 1.82) is 0 Å². The van der Waals surface area contributed by atoms with Gasteiger partial charge in [-0.1, -0.05) is 17.3 Å². The lowest BCUT2D eigenvalue weighted by Crippen LogP contribution is -2.09. The second kappa shape index (κ2) is 3.71. The molecular formula is C9H9NO3. The highest BCUT2D eigenvalue weighted by Crippen LogP contribution is 2.11. The molecule has 0 unspecified atom stereocenters. The quantitative estimate of drug-likeness (QED) is 0.312. The van der Waals surface area contributed by atoms with Crippen LogP contribution in [0.5, 0.6) is 5.75 Å². The summed E-state index contributed by atoms with van der Waals surface area (Å²) in [5, 5.41) is 20.2. The zero-order valence-electron chi connectivity index (χ0n) is 7.06. The van der Waals surface area contributed by atoms with Crippen LogP contribution in [0.25, 0.3) is 0 Å². The highest BCUT2D eigenvalue weighted by atomic mass is 16.4. The van der Waals surface area contributed by atoms with Crippen molar-refractivity contribution in [2.45, 2.75) is 6.92 Å². The largest absolute Gasteiger partial charge is 0.508 e. The van der Waals surface area contributed by atoms with E-state index in [1.54, 1.807) is 6.07 Å². The highest BCUT2D eigenvalue weighted by molar-refractivity contribution is 6.45. The van der Waals surface area contributed by atoms with Crippen LogP contribution < -0.4 is 0 Å². The van der Waals surface area contributed by atoms with E-state index < -0.39 is 5.78 Å². The zero-order chi connectivity index (χ0) is 9.84. The number of benzene rings is 1. The number of phenolic OH excluding ortho intramolecular Hbond substituents is 1. The Morgan fingerprint density at radius 1 is 1.46 bits per heavy atom. The SMILES string of the molecule is CC(=NO)C(=O)c1cccc(O)c1. The maximum atomic E-state index is 11.3. The monoisotopic (exact) mass is 179 g/mol. The molecule has 0 bridgehead atoms. The third-order valence-electron chi connectivity index (χ3n) is 1.59. The Morgan fingerprint density at radius 3 is 2.69 bits per heavy atom. The van der Waals surface area contributed by atoms with Crippen molar-refractivity contribution in [3.63, 3.8) is 0 Å². The molecule has 1 rings (SSSR count). The van der Waals surface area contributed by atoms with Gasteiger partial charge in [-0.2, -0.15) is 0 Å². The molecule has 0 saturated carbocycles. The standard InChI is InChI=1S/C9H9NO3/c1-6(10-13)9(12)7-3-2-4-8(11)5-7/h2-5,11,13H,1H3. The van der Waals surface area contributed by atoms with Gasteiger partial charge in [0.25, 0.3) is 0 Å². The van der Waals surface area contributed by atoms with Crippen molar-refractivity contribution >= 4 is 11.5 Å². The Bertz CT molecular complexity index is 358. The molecule has 2 N–H and O–H groups in total. The van der Waals surface area contributed by atoms with Crippen LogP contribution in [0.3, 0.4) is 0 Å². The van der Waals surface area contributed by atoms with Gasteiger partial charge in [0.1, 0.15) is 11.5 Å². The fraction of sp³-hybridized carbons (Fsp3) is 0.111. The van der Waals surface area contributed by atoms with E-state index in [-0.39, 0.29) is 11.5 Å². The number of ketones is 1. The van der Waals surface area contributed by atoms with Crippen LogP contribution in [0.1, 0.15) is 17.3 Å². The molecule has 68 valence electrons. The predicted octanol–water partition coefficient (Wildman–Crippen LogP) is 1.42. The van der Waals surface area contributed by atoms with Gasteiger partial charge in [0.15, 0.2) is 0 Å². The highest BCUT2D eigenvalue weighted by Gasteiger charge is 2.09. The van der Waals surface area contributed by atoms with Crippen molar-refractivity contribution in [2.24, 2.45) is 5.16 Å². The molecule has 0 heterocycles. The lowest BCUT2D eigenvalue weighted by atomic mass is 10.1. The fourth-order valence-corrected chi connectivity index (χ4v) is 0.901. The third-order valence-corrected chi connectivity index (χ3v) is 1.59. The summed E-state index contributed by atoms with van der Waals surface area (Å²) in [5.74, 6) is -0.394. The van der Waals surface area contributed by atoms with Gasteiger partial charge in [-0.3, -0.25) is 4.79 Å². The number of rotatable bonds is 2. The molecule has 0 aromatic heterocycles. The first-order chi connectivity index (χ1) is 6.15. The molecule has 0 radical (unpaired) electrons. The van der Waals surface area contributed by atoms with Crippen LogP contribution in [-0.4, -0.2) is 21.8 Å². The van der Waals surface area contributed by atoms with Crippen molar-refractivity contribution < 1.29 is 15.1 Å². The van der Waals surface area contributed by atoms with E-state index in [1.165, 1.54) is 25.1 Å². The van der Waals surface area contributed by atoms with Crippen LogP contribution >= 0.6 is 0 Å². The molecule has 0 aliphatic carbocycles. The van der Waals surface area contributed by atoms with Crippen LogP contribution in [0, 0.1) is 0 Å². The molecule has 0 aliphatic heterocycles. The predicted molar refractivity (Wildman–Crippen MR) is 47.3 cm³/mol. The number of phenols is 1. The molecule has 1 aromatic rings. The zero-order valence-corrected chi connectivity index (χ0v) is 7.06. The second-order valence-electron chi connectivity index (χ2n) is 2.56. The molecule has 4 heteroatoms. The number of oxime groups is 1. The van der Waals surface area contributed by atoms with E-state index in [9.17, 15) is 4.79 Å². The molecule has 1 aromatic carbocycles. The molecule has 0 saturated heterocycles. The van der Waals surface area contributed by atoms with Crippen molar-refractivity contribution in [3.8, 4) is 5.75 Å². The van der Waals surface area contributed by atoms with Gasteiger partial charge in [0.05, 0.1) is 0 Å². The summed E-state index contributed by atoms with van der Waals surface area (Å²) < 4.78 is 0. The Labute approximate surface area is 75.1 Å². The van der Waals surface area contributed by atoms with Crippen molar-refractivity contribution in [1.82, 2.24) is 0 Å². The number of Topliss-reactive ketones (excluding diaryl/α,β-unsaturated/α-hetero) is 1. The van der Waals surface area contributed by atoms with Crippen LogP contribution in [0.2, 0.25) is 0 Å².